The van der Waals surface area contributed by atoms with Gasteiger partial charge < -0.3 is 0 Å². The van der Waals surface area contributed by atoms with Gasteiger partial charge in [-0.3, -0.25) is 0 Å². The van der Waals surface area contributed by atoms with E-state index in [-0.39, 0.29) is 37.8 Å². The van der Waals surface area contributed by atoms with E-state index in [0.29, 0.717) is 0 Å². The van der Waals surface area contributed by atoms with Crippen molar-refractivity contribution < 1.29 is 10.2 Å². The van der Waals surface area contributed by atoms with Gasteiger partial charge in [0.25, 0.3) is 0 Å². The normalized spacial score (nSPS) is 11.4. The van der Waals surface area contributed by atoms with Crippen LogP contribution in [0, 0.1) is 0 Å². The van der Waals surface area contributed by atoms with E-state index in [0.717, 1.165) is 22.5 Å². The molecule has 2 N–H and O–H groups in total. The van der Waals surface area contributed by atoms with Crippen LogP contribution in [-0.4, -0.2) is 48.9 Å². The van der Waals surface area contributed by atoms with Crippen LogP contribution >= 0.6 is 0 Å². The van der Waals surface area contributed by atoms with Gasteiger partial charge in [0, 0.05) is 0 Å². The standard InChI is InChI=1S/C26H20N2O2Se2/c29-21-13-9-19(10-14-21)17-27-23-5-1-3-7-25(23)31-32-26-8-4-2-6-24(26)28-18-20-11-15-22(30)16-12-20/h1-18,29-30H. The van der Waals surface area contributed by atoms with Crippen LogP contribution in [-0.2, 0) is 0 Å². The number of aliphatic imine (C=N–C) groups is 2. The molecule has 4 aromatic rings. The third-order valence-electron chi connectivity index (χ3n) is 4.44. The van der Waals surface area contributed by atoms with Crippen LogP contribution in [0.4, 0.5) is 11.4 Å². The summed E-state index contributed by atoms with van der Waals surface area (Å²) >= 11 is 0.500. The Morgan fingerprint density at radius 1 is 0.500 bits per heavy atom. The van der Waals surface area contributed by atoms with E-state index in [1.165, 1.54) is 8.92 Å². The Balaban J connectivity index is 1.48. The molecule has 0 unspecified atom stereocenters. The molecule has 0 heterocycles. The first kappa shape index (κ1) is 22.1. The first-order chi connectivity index (χ1) is 15.7. The summed E-state index contributed by atoms with van der Waals surface area (Å²) in [5, 5.41) is 18.9. The van der Waals surface area contributed by atoms with Crippen LogP contribution in [0.2, 0.25) is 0 Å². The second-order valence-corrected chi connectivity index (χ2v) is 13.0. The molecule has 4 rings (SSSR count). The van der Waals surface area contributed by atoms with E-state index in [4.69, 9.17) is 9.98 Å². The van der Waals surface area contributed by atoms with Gasteiger partial charge >= 0.3 is 199 Å². The third kappa shape index (κ3) is 6.19. The van der Waals surface area contributed by atoms with E-state index in [1.54, 1.807) is 24.3 Å². The van der Waals surface area contributed by atoms with Gasteiger partial charge in [-0.1, -0.05) is 0 Å². The van der Waals surface area contributed by atoms with Crippen LogP contribution in [0.1, 0.15) is 11.1 Å². The average molecular weight is 550 g/mol. The summed E-state index contributed by atoms with van der Waals surface area (Å²) in [4.78, 5) is 9.39. The summed E-state index contributed by atoms with van der Waals surface area (Å²) in [6.07, 6.45) is 3.66. The van der Waals surface area contributed by atoms with Gasteiger partial charge in [0.2, 0.25) is 0 Å². The van der Waals surface area contributed by atoms with Crippen molar-refractivity contribution in [1.82, 2.24) is 0 Å². The molecule has 0 bridgehead atoms. The van der Waals surface area contributed by atoms with Gasteiger partial charge in [0.05, 0.1) is 0 Å². The molecular formula is C26H20N2O2Se2. The second-order valence-electron chi connectivity index (χ2n) is 6.80. The maximum atomic E-state index is 9.44. The Kier molecular flexibility index (Phi) is 7.54. The zero-order chi connectivity index (χ0) is 22.2. The summed E-state index contributed by atoms with van der Waals surface area (Å²) in [5.41, 5.74) is 3.86. The number of hydrogen-bond donors (Lipinski definition) is 2. The number of phenolic OH excluding ortho intramolecular Hbond substituents is 2. The van der Waals surface area contributed by atoms with Gasteiger partial charge in [-0.2, -0.15) is 0 Å². The number of rotatable bonds is 7. The monoisotopic (exact) mass is 552 g/mol. The Bertz CT molecular complexity index is 1140. The van der Waals surface area contributed by atoms with E-state index in [9.17, 15) is 10.2 Å². The van der Waals surface area contributed by atoms with Crippen LogP contribution in [0.25, 0.3) is 0 Å². The SMILES string of the molecule is Oc1ccc(C=Nc2ccccc2[Se][Se]c2ccccc2N=Cc2ccc(O)cc2)cc1. The van der Waals surface area contributed by atoms with Crippen molar-refractivity contribution in [1.29, 1.82) is 0 Å². The molecule has 0 fully saturated rings. The van der Waals surface area contributed by atoms with E-state index in [2.05, 4.69) is 24.3 Å². The van der Waals surface area contributed by atoms with Crippen molar-refractivity contribution in [2.24, 2.45) is 9.98 Å². The molecule has 0 aliphatic heterocycles. The Morgan fingerprint density at radius 2 is 0.875 bits per heavy atom. The van der Waals surface area contributed by atoms with Crippen LogP contribution < -0.4 is 8.92 Å². The number of phenols is 2. The zero-order valence-corrected chi connectivity index (χ0v) is 20.4. The molecule has 0 saturated heterocycles. The fraction of sp³-hybridized carbons (Fsp3) is 0. The minimum atomic E-state index is 0.250. The third-order valence-corrected chi connectivity index (χ3v) is 11.6. The van der Waals surface area contributed by atoms with Crippen molar-refractivity contribution in [3.8, 4) is 11.5 Å². The Labute approximate surface area is 198 Å². The van der Waals surface area contributed by atoms with Gasteiger partial charge in [-0.15, -0.1) is 0 Å². The topological polar surface area (TPSA) is 65.2 Å². The molecule has 0 atom stereocenters. The molecule has 32 heavy (non-hydrogen) atoms. The molecule has 0 radical (unpaired) electrons. The first-order valence-corrected chi connectivity index (χ1v) is 15.9. The molecule has 158 valence electrons. The quantitative estimate of drug-likeness (QED) is 0.271. The summed E-state index contributed by atoms with van der Waals surface area (Å²) in [6, 6.07) is 30.5. The molecule has 0 aliphatic carbocycles. The average Bonchev–Trinajstić information content (AvgIpc) is 2.83. The molecular weight excluding hydrogens is 530 g/mol. The summed E-state index contributed by atoms with van der Waals surface area (Å²) in [5.74, 6) is 0.501. The summed E-state index contributed by atoms with van der Waals surface area (Å²) in [6.45, 7) is 0. The molecule has 4 aromatic carbocycles. The summed E-state index contributed by atoms with van der Waals surface area (Å²) < 4.78 is 2.51. The van der Waals surface area contributed by atoms with E-state index < -0.39 is 0 Å². The summed E-state index contributed by atoms with van der Waals surface area (Å²) in [7, 11) is 0. The number of benzene rings is 4. The molecule has 0 aromatic heterocycles. The first-order valence-electron chi connectivity index (χ1n) is 9.86. The van der Waals surface area contributed by atoms with Gasteiger partial charge in [-0.25, -0.2) is 0 Å². The van der Waals surface area contributed by atoms with Crippen molar-refractivity contribution in [2.45, 2.75) is 0 Å². The Morgan fingerprint density at radius 3 is 1.28 bits per heavy atom. The van der Waals surface area contributed by atoms with Crippen molar-refractivity contribution in [3.63, 3.8) is 0 Å². The number of aromatic hydroxyl groups is 2. The predicted molar refractivity (Wildman–Crippen MR) is 134 cm³/mol. The van der Waals surface area contributed by atoms with Crippen molar-refractivity contribution >= 4 is 59.0 Å². The zero-order valence-electron chi connectivity index (χ0n) is 17.0. The molecule has 0 saturated carbocycles. The van der Waals surface area contributed by atoms with Crippen LogP contribution in [0.3, 0.4) is 0 Å². The van der Waals surface area contributed by atoms with Crippen LogP contribution in [0.5, 0.6) is 11.5 Å². The fourth-order valence-electron chi connectivity index (χ4n) is 2.77. The molecule has 0 spiro atoms. The van der Waals surface area contributed by atoms with Gasteiger partial charge in [-0.05, 0) is 0 Å². The van der Waals surface area contributed by atoms with E-state index >= 15 is 0 Å². The maximum absolute atomic E-state index is 9.44. The van der Waals surface area contributed by atoms with Crippen LogP contribution in [0.15, 0.2) is 107 Å². The van der Waals surface area contributed by atoms with Crippen molar-refractivity contribution in [3.05, 3.63) is 108 Å². The second kappa shape index (κ2) is 10.9. The molecule has 4 nitrogen and oxygen atoms in total. The molecule has 0 aliphatic rings. The van der Waals surface area contributed by atoms with Gasteiger partial charge in [0.15, 0.2) is 0 Å². The number of hydrogen-bond acceptors (Lipinski definition) is 4. The van der Waals surface area contributed by atoms with E-state index in [1.807, 2.05) is 61.0 Å². The predicted octanol–water partition coefficient (Wildman–Crippen LogP) is 3.87. The fourth-order valence-corrected chi connectivity index (χ4v) is 9.60. The van der Waals surface area contributed by atoms with Crippen molar-refractivity contribution in [2.75, 3.05) is 0 Å². The number of nitrogens with zero attached hydrogens (tertiary/aromatic N) is 2. The van der Waals surface area contributed by atoms with Gasteiger partial charge in [0.1, 0.15) is 0 Å². The molecule has 6 heteroatoms. The Hall–Kier alpha value is -3.14. The molecule has 0 amide bonds. The number of para-hydroxylation sites is 2. The minimum absolute atomic E-state index is 0.250.